The molecule has 11 aromatic carbocycles. The molecule has 20 aromatic rings. The first-order valence-electron chi connectivity index (χ1n) is 45.8. The SMILES string of the molecule is CC1(C)c2cc3c(cc2-c2ncccc21)C(C)(C)c1cc(-c2cc(-c4cccc5ccccc45)ccn2)cnc1-3.CC1(C)c2cc3c(cc2-c2ncccc21)C(C)(C)c1cc(-c2cc(-c4ccccc4)ccn2)cnc1-3.CC1(C)c2cc3c(cc2-c2ncccc21)C(C)(C)c1cc(-c2nc(-c4cccc(-c5ccc6ccccc6c5)c4)cc(-c4cccc5ccccc45)n2)cnc1-3. The molecule has 9 aromatic heterocycles. The topological polar surface area (TPSA) is 129 Å². The second-order valence-electron chi connectivity index (χ2n) is 39.5. The zero-order chi connectivity index (χ0) is 89.6. The van der Waals surface area contributed by atoms with Crippen LogP contribution in [-0.4, -0.2) is 49.8 Å². The monoisotopic (exact) mass is 1700 g/mol. The van der Waals surface area contributed by atoms with Crippen molar-refractivity contribution in [3.05, 3.63) is 420 Å². The number of aromatic nitrogens is 10. The van der Waals surface area contributed by atoms with Crippen molar-refractivity contribution in [2.45, 2.75) is 116 Å². The third kappa shape index (κ3) is 12.4. The van der Waals surface area contributed by atoms with Crippen molar-refractivity contribution in [1.82, 2.24) is 49.8 Å². The van der Waals surface area contributed by atoms with Gasteiger partial charge in [-0.15, -0.1) is 0 Å². The third-order valence-corrected chi connectivity index (χ3v) is 29.8. The summed E-state index contributed by atoms with van der Waals surface area (Å²) in [7, 11) is 0. The van der Waals surface area contributed by atoms with Gasteiger partial charge < -0.3 is 0 Å². The number of hydrogen-bond donors (Lipinski definition) is 0. The van der Waals surface area contributed by atoms with Crippen molar-refractivity contribution < 1.29 is 0 Å². The minimum absolute atomic E-state index is 0.0808. The highest BCUT2D eigenvalue weighted by Gasteiger charge is 2.47. The molecule has 0 unspecified atom stereocenters. The summed E-state index contributed by atoms with van der Waals surface area (Å²) in [5.74, 6) is 0.658. The minimum Gasteiger partial charge on any atom is -0.256 e. The van der Waals surface area contributed by atoms with E-state index in [0.29, 0.717) is 5.82 Å². The van der Waals surface area contributed by atoms with Crippen LogP contribution >= 0.6 is 0 Å². The largest absolute Gasteiger partial charge is 0.256 e. The van der Waals surface area contributed by atoms with Crippen LogP contribution in [0.1, 0.15) is 150 Å². The molecule has 0 spiro atoms. The predicted octanol–water partition coefficient (Wildman–Crippen LogP) is 29.6. The van der Waals surface area contributed by atoms with Gasteiger partial charge in [0, 0.05) is 143 Å². The van der Waals surface area contributed by atoms with E-state index in [2.05, 4.69) is 362 Å². The maximum absolute atomic E-state index is 5.32. The van der Waals surface area contributed by atoms with E-state index in [0.717, 1.165) is 107 Å². The molecule has 10 heteroatoms. The summed E-state index contributed by atoms with van der Waals surface area (Å²) in [6.07, 6.45) is 15.5. The van der Waals surface area contributed by atoms with Gasteiger partial charge >= 0.3 is 0 Å². The minimum atomic E-state index is -0.283. The van der Waals surface area contributed by atoms with Gasteiger partial charge in [0.25, 0.3) is 0 Å². The summed E-state index contributed by atoms with van der Waals surface area (Å²) in [6.45, 7) is 27.7. The van der Waals surface area contributed by atoms with Gasteiger partial charge in [-0.25, -0.2) is 9.97 Å². The lowest BCUT2D eigenvalue weighted by molar-refractivity contribution is 0.651. The molecule has 0 amide bonds. The van der Waals surface area contributed by atoms with Crippen LogP contribution in [0.25, 0.3) is 190 Å². The Morgan fingerprint density at radius 1 is 0.167 bits per heavy atom. The third-order valence-electron chi connectivity index (χ3n) is 29.8. The molecule has 0 N–H and O–H groups in total. The second kappa shape index (κ2) is 29.5. The van der Waals surface area contributed by atoms with E-state index < -0.39 is 0 Å². The Morgan fingerprint density at radius 2 is 0.523 bits per heavy atom. The van der Waals surface area contributed by atoms with Gasteiger partial charge in [-0.3, -0.25) is 39.9 Å². The number of pyridine rings is 8. The van der Waals surface area contributed by atoms with Crippen molar-refractivity contribution >= 4 is 32.3 Å². The van der Waals surface area contributed by atoms with Crippen molar-refractivity contribution in [3.8, 4) is 157 Å². The van der Waals surface area contributed by atoms with E-state index in [-0.39, 0.29) is 32.5 Å². The van der Waals surface area contributed by atoms with Crippen LogP contribution in [-0.2, 0) is 32.5 Å². The van der Waals surface area contributed by atoms with Crippen LogP contribution in [0, 0.1) is 0 Å². The first-order chi connectivity index (χ1) is 63.9. The molecule has 0 aliphatic heterocycles. The highest BCUT2D eigenvalue weighted by Crippen LogP contribution is 2.60. The quantitative estimate of drug-likeness (QED) is 0.145. The average molecular weight is 1700 g/mol. The van der Waals surface area contributed by atoms with Crippen LogP contribution in [0.2, 0.25) is 0 Å². The molecular weight excluding hydrogens is 1610 g/mol. The lowest BCUT2D eigenvalue weighted by atomic mass is 9.79. The van der Waals surface area contributed by atoms with Crippen molar-refractivity contribution in [2.75, 3.05) is 0 Å². The highest BCUT2D eigenvalue weighted by atomic mass is 14.9. The van der Waals surface area contributed by atoms with Crippen LogP contribution in [0.5, 0.6) is 0 Å². The van der Waals surface area contributed by atoms with E-state index in [9.17, 15) is 0 Å². The first kappa shape index (κ1) is 79.8. The second-order valence-corrected chi connectivity index (χ2v) is 39.5. The molecule has 132 heavy (non-hydrogen) atoms. The van der Waals surface area contributed by atoms with Gasteiger partial charge in [0.15, 0.2) is 5.82 Å². The molecule has 0 bridgehead atoms. The fourth-order valence-electron chi connectivity index (χ4n) is 22.4. The number of benzene rings is 11. The van der Waals surface area contributed by atoms with Gasteiger partial charge in [0.2, 0.25) is 0 Å². The maximum atomic E-state index is 5.32. The van der Waals surface area contributed by atoms with Crippen molar-refractivity contribution in [3.63, 3.8) is 0 Å². The Labute approximate surface area is 769 Å². The summed E-state index contributed by atoms with van der Waals surface area (Å²) >= 11 is 0. The number of hydrogen-bond acceptors (Lipinski definition) is 10. The fourth-order valence-corrected chi connectivity index (χ4v) is 22.4. The van der Waals surface area contributed by atoms with Gasteiger partial charge in [-0.1, -0.05) is 271 Å². The van der Waals surface area contributed by atoms with Gasteiger partial charge in [-0.2, -0.15) is 0 Å². The highest BCUT2D eigenvalue weighted by molar-refractivity contribution is 6.00. The Morgan fingerprint density at radius 3 is 1.02 bits per heavy atom. The summed E-state index contributed by atoms with van der Waals surface area (Å²) in [5.41, 5.74) is 44.2. The zero-order valence-electron chi connectivity index (χ0n) is 76.0. The van der Waals surface area contributed by atoms with Gasteiger partial charge in [0.05, 0.1) is 56.9 Å². The van der Waals surface area contributed by atoms with Gasteiger partial charge in [0.1, 0.15) is 0 Å². The van der Waals surface area contributed by atoms with E-state index in [1.165, 1.54) is 144 Å². The molecule has 0 atom stereocenters. The van der Waals surface area contributed by atoms with E-state index >= 15 is 0 Å². The summed E-state index contributed by atoms with van der Waals surface area (Å²) < 4.78 is 0. The van der Waals surface area contributed by atoms with E-state index in [1.54, 1.807) is 0 Å². The first-order valence-corrected chi connectivity index (χ1v) is 45.8. The molecular formula is C122H94N10. The molecule has 26 rings (SSSR count). The molecule has 0 saturated carbocycles. The normalized spacial score (nSPS) is 15.0. The van der Waals surface area contributed by atoms with Gasteiger partial charge in [-0.05, 0) is 248 Å². The smallest absolute Gasteiger partial charge is 0.161 e. The molecule has 6 aliphatic carbocycles. The predicted molar refractivity (Wildman–Crippen MR) is 539 cm³/mol. The molecule has 10 nitrogen and oxygen atoms in total. The number of nitrogens with zero attached hydrogens (tertiary/aromatic N) is 10. The maximum Gasteiger partial charge on any atom is 0.161 e. The molecule has 632 valence electrons. The van der Waals surface area contributed by atoms with Crippen LogP contribution in [0.4, 0.5) is 0 Å². The molecule has 0 fully saturated rings. The number of rotatable bonds is 8. The van der Waals surface area contributed by atoms with Crippen molar-refractivity contribution in [2.24, 2.45) is 0 Å². The standard InChI is InChI=1S/C52H38N4.C37H29N3.C33H27N3/c1-51(2)42-20-11-23-53-48(42)40-27-44-41(28-43(40)51)49-45(52(44,3)4)26-37(30-54-49)50-55-46(29-47(56-50)39-19-10-15-32-13-7-8-18-38(32)39)36-17-9-16-34(25-36)35-22-21-31-12-5-6-14-33(31)24-35;1-36(2)29-13-8-15-39-34(29)27-19-31-28(20-30(27)36)35-32(37(31,3)4)17-24(21-40-35)33-18-23(14-16-38-33)26-12-7-10-22-9-5-6-11-25(22)26;1-32(2)25-11-8-13-35-30(25)23-17-27-24(18-26(23)32)31-28(33(27,3)4)15-22(19-36-31)29-16-21(12-14-34-29)20-9-6-5-7-10-20/h5-30H,1-4H3;5-21H,1-4H3;5-19H,1-4H3. The lowest BCUT2D eigenvalue weighted by Gasteiger charge is -2.24. The molecule has 6 aliphatic rings. The van der Waals surface area contributed by atoms with E-state index in [1.807, 2.05) is 73.8 Å². The van der Waals surface area contributed by atoms with Crippen LogP contribution in [0.15, 0.2) is 353 Å². The number of fused-ring (bicyclic) bond motifs is 21. The summed E-state index contributed by atoms with van der Waals surface area (Å²) in [4.78, 5) is 49.9. The summed E-state index contributed by atoms with van der Waals surface area (Å²) in [5, 5.41) is 7.28. The molecule has 9 heterocycles. The summed E-state index contributed by atoms with van der Waals surface area (Å²) in [6, 6.07) is 109. The lowest BCUT2D eigenvalue weighted by Crippen LogP contribution is -2.17. The van der Waals surface area contributed by atoms with Crippen molar-refractivity contribution in [1.29, 1.82) is 0 Å². The molecule has 0 radical (unpaired) electrons. The zero-order valence-corrected chi connectivity index (χ0v) is 76.0. The van der Waals surface area contributed by atoms with Crippen LogP contribution < -0.4 is 0 Å². The fraction of sp³-hybridized carbons (Fsp3) is 0.148. The molecule has 0 saturated heterocycles. The van der Waals surface area contributed by atoms with Crippen LogP contribution in [0.3, 0.4) is 0 Å². The Bertz CT molecular complexity index is 8280. The Balaban J connectivity index is 0.000000113. The van der Waals surface area contributed by atoms with E-state index in [4.69, 9.17) is 49.8 Å². The Kier molecular flexibility index (Phi) is 17.8. The average Bonchev–Trinajstić information content (AvgIpc) is 1.55. The Hall–Kier alpha value is -15.5.